The van der Waals surface area contributed by atoms with E-state index in [9.17, 15) is 14.0 Å². The van der Waals surface area contributed by atoms with Gasteiger partial charge in [-0.25, -0.2) is 9.37 Å². The minimum absolute atomic E-state index is 0.0863. The molecule has 0 fully saturated rings. The molecule has 0 aliphatic rings. The first-order valence-electron chi connectivity index (χ1n) is 9.31. The van der Waals surface area contributed by atoms with Crippen molar-refractivity contribution in [2.45, 2.75) is 26.3 Å². The van der Waals surface area contributed by atoms with E-state index in [1.807, 2.05) is 19.1 Å². The highest BCUT2D eigenvalue weighted by Crippen LogP contribution is 2.21. The Morgan fingerprint density at radius 2 is 1.75 bits per heavy atom. The maximum Gasteiger partial charge on any atom is 0.267 e. The lowest BCUT2D eigenvalue weighted by Gasteiger charge is -2.16. The zero-order valence-corrected chi connectivity index (χ0v) is 15.8. The van der Waals surface area contributed by atoms with Gasteiger partial charge in [-0.15, -0.1) is 0 Å². The molecule has 0 saturated heterocycles. The summed E-state index contributed by atoms with van der Waals surface area (Å²) in [7, 11) is 1.79. The Bertz CT molecular complexity index is 1300. The van der Waals surface area contributed by atoms with Crippen molar-refractivity contribution in [3.63, 3.8) is 0 Å². The molecule has 6 heteroatoms. The Balaban J connectivity index is 2.15. The number of halogens is 1. The molecule has 0 aliphatic heterocycles. The smallest absolute Gasteiger partial charge is 0.267 e. The van der Waals surface area contributed by atoms with Crippen LogP contribution in [0.15, 0.2) is 58.1 Å². The van der Waals surface area contributed by atoms with Crippen molar-refractivity contribution in [1.29, 1.82) is 0 Å². The van der Waals surface area contributed by atoms with E-state index in [0.717, 1.165) is 12.8 Å². The van der Waals surface area contributed by atoms with Crippen LogP contribution in [0.4, 0.5) is 4.39 Å². The maximum atomic E-state index is 13.4. The summed E-state index contributed by atoms with van der Waals surface area (Å²) in [5, 5.41) is 0.580. The average molecular weight is 377 g/mol. The van der Waals surface area contributed by atoms with Gasteiger partial charge in [0.1, 0.15) is 17.0 Å². The second-order valence-corrected chi connectivity index (χ2v) is 6.86. The van der Waals surface area contributed by atoms with Crippen molar-refractivity contribution in [3.8, 4) is 11.4 Å². The maximum absolute atomic E-state index is 13.4. The van der Waals surface area contributed by atoms with Crippen molar-refractivity contribution in [3.05, 3.63) is 74.9 Å². The molecular formula is C22H20FN3O2. The normalized spacial score (nSPS) is 11.4. The first-order valence-corrected chi connectivity index (χ1v) is 9.31. The second kappa shape index (κ2) is 7.03. The lowest BCUT2D eigenvalue weighted by Crippen LogP contribution is -2.29. The standard InChI is InChI=1S/C22H20FN3O2/c1-3-4-13-26-20(14-9-11-15(23)12-10-14)24-21-18(22(26)28)19(27)16-7-5-6-8-17(16)25(21)2/h5-12H,3-4,13H2,1-2H3. The molecule has 0 aliphatic carbocycles. The lowest BCUT2D eigenvalue weighted by atomic mass is 10.1. The Morgan fingerprint density at radius 1 is 1.04 bits per heavy atom. The molecule has 0 spiro atoms. The van der Waals surface area contributed by atoms with Gasteiger partial charge in [-0.2, -0.15) is 0 Å². The number of benzene rings is 2. The summed E-state index contributed by atoms with van der Waals surface area (Å²) in [6.45, 7) is 2.48. The monoisotopic (exact) mass is 377 g/mol. The highest BCUT2D eigenvalue weighted by molar-refractivity contribution is 5.91. The zero-order chi connectivity index (χ0) is 19.8. The van der Waals surface area contributed by atoms with Crippen LogP contribution in [-0.4, -0.2) is 14.1 Å². The molecule has 5 nitrogen and oxygen atoms in total. The Labute approximate surface area is 160 Å². The summed E-state index contributed by atoms with van der Waals surface area (Å²) in [4.78, 5) is 31.1. The molecule has 28 heavy (non-hydrogen) atoms. The van der Waals surface area contributed by atoms with Gasteiger partial charge in [0.15, 0.2) is 5.65 Å². The summed E-state index contributed by atoms with van der Waals surface area (Å²) in [5.74, 6) is 0.0848. The predicted molar refractivity (Wildman–Crippen MR) is 109 cm³/mol. The van der Waals surface area contributed by atoms with Crippen LogP contribution in [0.1, 0.15) is 19.8 Å². The molecule has 4 aromatic rings. The molecule has 0 unspecified atom stereocenters. The number of hydrogen-bond acceptors (Lipinski definition) is 3. The van der Waals surface area contributed by atoms with Gasteiger partial charge in [-0.3, -0.25) is 14.2 Å². The molecule has 0 radical (unpaired) electrons. The lowest BCUT2D eigenvalue weighted by molar-refractivity contribution is 0.612. The number of pyridine rings is 1. The fraction of sp³-hybridized carbons (Fsp3) is 0.227. The van der Waals surface area contributed by atoms with Crippen LogP contribution in [0.3, 0.4) is 0 Å². The van der Waals surface area contributed by atoms with E-state index in [1.165, 1.54) is 16.7 Å². The number of hydrogen-bond donors (Lipinski definition) is 0. The summed E-state index contributed by atoms with van der Waals surface area (Å²) < 4.78 is 16.7. The topological polar surface area (TPSA) is 56.9 Å². The second-order valence-electron chi connectivity index (χ2n) is 6.86. The van der Waals surface area contributed by atoms with E-state index in [1.54, 1.807) is 35.9 Å². The van der Waals surface area contributed by atoms with Crippen LogP contribution in [-0.2, 0) is 13.6 Å². The average Bonchev–Trinajstić information content (AvgIpc) is 2.71. The van der Waals surface area contributed by atoms with Crippen molar-refractivity contribution in [2.75, 3.05) is 0 Å². The van der Waals surface area contributed by atoms with Crippen LogP contribution in [0.5, 0.6) is 0 Å². The van der Waals surface area contributed by atoms with E-state index in [4.69, 9.17) is 4.98 Å². The van der Waals surface area contributed by atoms with Crippen molar-refractivity contribution < 1.29 is 4.39 Å². The minimum atomic E-state index is -0.357. The molecule has 2 heterocycles. The Kier molecular flexibility index (Phi) is 4.55. The number of rotatable bonds is 4. The van der Waals surface area contributed by atoms with Gasteiger partial charge >= 0.3 is 0 Å². The van der Waals surface area contributed by atoms with Gasteiger partial charge in [-0.05, 0) is 42.8 Å². The molecule has 0 saturated carbocycles. The first kappa shape index (κ1) is 18.1. The number of nitrogens with zero attached hydrogens (tertiary/aromatic N) is 3. The van der Waals surface area contributed by atoms with E-state index < -0.39 is 0 Å². The van der Waals surface area contributed by atoms with Gasteiger partial charge < -0.3 is 4.57 Å². The number of aryl methyl sites for hydroxylation is 1. The summed E-state index contributed by atoms with van der Waals surface area (Å²) >= 11 is 0. The van der Waals surface area contributed by atoms with Crippen molar-refractivity contribution in [1.82, 2.24) is 14.1 Å². The quantitative estimate of drug-likeness (QED) is 0.508. The fourth-order valence-corrected chi connectivity index (χ4v) is 3.53. The van der Waals surface area contributed by atoms with Crippen LogP contribution in [0, 0.1) is 5.82 Å². The van der Waals surface area contributed by atoms with Gasteiger partial charge in [0.2, 0.25) is 5.43 Å². The van der Waals surface area contributed by atoms with Gasteiger partial charge in [0.05, 0.1) is 5.52 Å². The molecule has 142 valence electrons. The van der Waals surface area contributed by atoms with Crippen LogP contribution in [0.2, 0.25) is 0 Å². The molecule has 2 aromatic heterocycles. The highest BCUT2D eigenvalue weighted by atomic mass is 19.1. The minimum Gasteiger partial charge on any atom is -0.328 e. The third kappa shape index (κ3) is 2.81. The SMILES string of the molecule is CCCCn1c(-c2ccc(F)cc2)nc2c(c(=O)c3ccccc3n2C)c1=O. The number of unbranched alkanes of at least 4 members (excludes halogenated alkanes) is 1. The Morgan fingerprint density at radius 3 is 2.46 bits per heavy atom. The van der Waals surface area contributed by atoms with Gasteiger partial charge in [0, 0.05) is 24.5 Å². The summed E-state index contributed by atoms with van der Waals surface area (Å²) in [6.07, 6.45) is 1.66. The Hall–Kier alpha value is -3.28. The van der Waals surface area contributed by atoms with E-state index in [0.29, 0.717) is 34.5 Å². The summed E-state index contributed by atoms with van der Waals surface area (Å²) in [6, 6.07) is 13.1. The fourth-order valence-electron chi connectivity index (χ4n) is 3.53. The number of para-hydroxylation sites is 1. The van der Waals surface area contributed by atoms with Gasteiger partial charge in [-0.1, -0.05) is 25.5 Å². The largest absolute Gasteiger partial charge is 0.328 e. The number of fused-ring (bicyclic) bond motifs is 2. The molecule has 0 amide bonds. The first-order chi connectivity index (χ1) is 13.5. The molecule has 4 rings (SSSR count). The molecular weight excluding hydrogens is 357 g/mol. The summed E-state index contributed by atoms with van der Waals surface area (Å²) in [5.41, 5.74) is 1.02. The van der Waals surface area contributed by atoms with E-state index in [2.05, 4.69) is 0 Å². The third-order valence-corrected chi connectivity index (χ3v) is 5.04. The van der Waals surface area contributed by atoms with E-state index >= 15 is 0 Å². The molecule has 0 bridgehead atoms. The molecule has 2 aromatic carbocycles. The molecule has 0 N–H and O–H groups in total. The van der Waals surface area contributed by atoms with E-state index in [-0.39, 0.29) is 22.2 Å². The highest BCUT2D eigenvalue weighted by Gasteiger charge is 2.18. The van der Waals surface area contributed by atoms with Crippen LogP contribution >= 0.6 is 0 Å². The zero-order valence-electron chi connectivity index (χ0n) is 15.8. The third-order valence-electron chi connectivity index (χ3n) is 5.04. The van der Waals surface area contributed by atoms with Crippen molar-refractivity contribution in [2.24, 2.45) is 7.05 Å². The van der Waals surface area contributed by atoms with Crippen LogP contribution in [0.25, 0.3) is 33.3 Å². The predicted octanol–water partition coefficient (Wildman–Crippen LogP) is 3.85. The number of aromatic nitrogens is 3. The van der Waals surface area contributed by atoms with Gasteiger partial charge in [0.25, 0.3) is 5.56 Å². The van der Waals surface area contributed by atoms with Crippen molar-refractivity contribution >= 4 is 21.9 Å². The molecule has 0 atom stereocenters. The van der Waals surface area contributed by atoms with Crippen LogP contribution < -0.4 is 11.0 Å².